The Morgan fingerprint density at radius 1 is 1.50 bits per heavy atom. The molecule has 7 nitrogen and oxygen atoms in total. The van der Waals surface area contributed by atoms with E-state index in [-0.39, 0.29) is 6.10 Å². The number of tetrazole rings is 1. The van der Waals surface area contributed by atoms with Crippen LogP contribution < -0.4 is 0 Å². The summed E-state index contributed by atoms with van der Waals surface area (Å²) in [6.45, 7) is 1.45. The minimum Gasteiger partial charge on any atom is -0.376 e. The lowest BCUT2D eigenvalue weighted by Crippen LogP contribution is -2.16. The molecule has 1 saturated heterocycles. The van der Waals surface area contributed by atoms with Crippen LogP contribution in [-0.2, 0) is 11.3 Å². The van der Waals surface area contributed by atoms with Gasteiger partial charge in [0.25, 0.3) is 0 Å². The standard InChI is InChI=1S/C12H12N6OS/c13-7-9-3-1-5-11(14-9)20-12-15-16-17-18(12)8-10-4-2-6-19-10/h1,3,5,10H,2,4,6,8H2. The van der Waals surface area contributed by atoms with Crippen LogP contribution in [0, 0.1) is 11.3 Å². The highest BCUT2D eigenvalue weighted by molar-refractivity contribution is 7.99. The molecule has 0 N–H and O–H groups in total. The molecule has 0 aromatic carbocycles. The molecule has 2 aromatic rings. The van der Waals surface area contributed by atoms with Crippen molar-refractivity contribution in [1.29, 1.82) is 5.26 Å². The summed E-state index contributed by atoms with van der Waals surface area (Å²) in [5, 5.41) is 21.9. The molecule has 0 amide bonds. The Morgan fingerprint density at radius 3 is 3.25 bits per heavy atom. The number of nitrogens with zero attached hydrogens (tertiary/aromatic N) is 6. The summed E-state index contributed by atoms with van der Waals surface area (Å²) in [6.07, 6.45) is 2.30. The van der Waals surface area contributed by atoms with Crippen molar-refractivity contribution >= 4 is 11.8 Å². The molecule has 0 aliphatic carbocycles. The molecule has 0 bridgehead atoms. The number of aromatic nitrogens is 5. The zero-order chi connectivity index (χ0) is 13.8. The molecular weight excluding hydrogens is 276 g/mol. The van der Waals surface area contributed by atoms with Gasteiger partial charge in [0.2, 0.25) is 5.16 Å². The molecule has 102 valence electrons. The highest BCUT2D eigenvalue weighted by Crippen LogP contribution is 2.24. The average Bonchev–Trinajstić information content (AvgIpc) is 3.12. The maximum atomic E-state index is 8.85. The van der Waals surface area contributed by atoms with Crippen LogP contribution in [0.15, 0.2) is 28.4 Å². The van der Waals surface area contributed by atoms with E-state index in [0.717, 1.165) is 19.4 Å². The van der Waals surface area contributed by atoms with Gasteiger partial charge in [0.15, 0.2) is 0 Å². The normalized spacial score (nSPS) is 18.1. The largest absolute Gasteiger partial charge is 0.376 e. The Morgan fingerprint density at radius 2 is 2.45 bits per heavy atom. The van der Waals surface area contributed by atoms with E-state index in [4.69, 9.17) is 10.00 Å². The van der Waals surface area contributed by atoms with Crippen molar-refractivity contribution in [2.75, 3.05) is 6.61 Å². The van der Waals surface area contributed by atoms with E-state index in [1.54, 1.807) is 16.8 Å². The molecule has 3 heterocycles. The van der Waals surface area contributed by atoms with Crippen molar-refractivity contribution in [3.63, 3.8) is 0 Å². The Bertz CT molecular complexity index is 631. The van der Waals surface area contributed by atoms with E-state index in [1.807, 2.05) is 12.1 Å². The maximum Gasteiger partial charge on any atom is 0.215 e. The molecule has 8 heteroatoms. The molecule has 2 aromatic heterocycles. The smallest absolute Gasteiger partial charge is 0.215 e. The fraction of sp³-hybridized carbons (Fsp3) is 0.417. The third kappa shape index (κ3) is 2.95. The highest BCUT2D eigenvalue weighted by Gasteiger charge is 2.19. The predicted octanol–water partition coefficient (Wildman–Crippen LogP) is 1.27. The minimum absolute atomic E-state index is 0.177. The van der Waals surface area contributed by atoms with Gasteiger partial charge in [-0.15, -0.1) is 5.10 Å². The Balaban J connectivity index is 1.74. The highest BCUT2D eigenvalue weighted by atomic mass is 32.2. The molecule has 1 atom stereocenters. The zero-order valence-electron chi connectivity index (χ0n) is 10.6. The third-order valence-corrected chi connectivity index (χ3v) is 3.85. The van der Waals surface area contributed by atoms with Crippen molar-refractivity contribution < 1.29 is 4.74 Å². The van der Waals surface area contributed by atoms with Crippen LogP contribution in [0.5, 0.6) is 0 Å². The van der Waals surface area contributed by atoms with E-state index < -0.39 is 0 Å². The predicted molar refractivity (Wildman–Crippen MR) is 69.9 cm³/mol. The van der Waals surface area contributed by atoms with Crippen molar-refractivity contribution in [3.8, 4) is 6.07 Å². The van der Waals surface area contributed by atoms with Gasteiger partial charge in [-0.1, -0.05) is 6.07 Å². The Hall–Kier alpha value is -1.98. The molecular formula is C12H12N6OS. The van der Waals surface area contributed by atoms with Gasteiger partial charge in [-0.05, 0) is 47.2 Å². The van der Waals surface area contributed by atoms with E-state index in [2.05, 4.69) is 20.5 Å². The molecule has 3 rings (SSSR count). The lowest BCUT2D eigenvalue weighted by Gasteiger charge is -2.09. The number of pyridine rings is 1. The Kier molecular flexibility index (Phi) is 3.90. The summed E-state index contributed by atoms with van der Waals surface area (Å²) in [5.74, 6) is 0. The second-order valence-corrected chi connectivity index (χ2v) is 5.34. The molecule has 0 saturated carbocycles. The summed E-state index contributed by atoms with van der Waals surface area (Å²) < 4.78 is 7.31. The molecule has 1 unspecified atom stereocenters. The van der Waals surface area contributed by atoms with Crippen LogP contribution in [0.4, 0.5) is 0 Å². The van der Waals surface area contributed by atoms with Gasteiger partial charge in [-0.2, -0.15) is 5.26 Å². The summed E-state index contributed by atoms with van der Waals surface area (Å²) in [7, 11) is 0. The van der Waals surface area contributed by atoms with Gasteiger partial charge in [0.05, 0.1) is 12.6 Å². The van der Waals surface area contributed by atoms with E-state index >= 15 is 0 Å². The lowest BCUT2D eigenvalue weighted by atomic mass is 10.2. The summed E-state index contributed by atoms with van der Waals surface area (Å²) in [4.78, 5) is 4.20. The molecule has 0 radical (unpaired) electrons. The molecule has 1 aliphatic rings. The summed E-state index contributed by atoms with van der Waals surface area (Å²) in [6, 6.07) is 7.31. The first-order valence-electron chi connectivity index (χ1n) is 6.28. The fourth-order valence-corrected chi connectivity index (χ4v) is 2.76. The third-order valence-electron chi connectivity index (χ3n) is 2.93. The van der Waals surface area contributed by atoms with Crippen LogP contribution in [-0.4, -0.2) is 37.9 Å². The first kappa shape index (κ1) is 13.0. The van der Waals surface area contributed by atoms with E-state index in [1.165, 1.54) is 11.8 Å². The SMILES string of the molecule is N#Cc1cccc(Sc2nnnn2CC2CCCO2)n1. The van der Waals surface area contributed by atoms with Gasteiger partial charge in [-0.25, -0.2) is 9.67 Å². The van der Waals surface area contributed by atoms with Gasteiger partial charge < -0.3 is 4.74 Å². The fourth-order valence-electron chi connectivity index (χ4n) is 1.99. The summed E-state index contributed by atoms with van der Waals surface area (Å²) in [5.41, 5.74) is 0.383. The second-order valence-electron chi connectivity index (χ2n) is 4.35. The monoisotopic (exact) mass is 288 g/mol. The van der Waals surface area contributed by atoms with Crippen LogP contribution in [0.1, 0.15) is 18.5 Å². The first-order valence-corrected chi connectivity index (χ1v) is 7.09. The van der Waals surface area contributed by atoms with Crippen molar-refractivity contribution in [2.24, 2.45) is 0 Å². The van der Waals surface area contributed by atoms with Gasteiger partial charge in [-0.3, -0.25) is 0 Å². The maximum absolute atomic E-state index is 8.85. The first-order chi connectivity index (χ1) is 9.85. The van der Waals surface area contributed by atoms with Gasteiger partial charge in [0.1, 0.15) is 16.8 Å². The van der Waals surface area contributed by atoms with Crippen LogP contribution in [0.3, 0.4) is 0 Å². The van der Waals surface area contributed by atoms with Gasteiger partial charge in [0, 0.05) is 6.61 Å². The number of hydrogen-bond acceptors (Lipinski definition) is 7. The number of hydrogen-bond donors (Lipinski definition) is 0. The van der Waals surface area contributed by atoms with Crippen LogP contribution in [0.25, 0.3) is 0 Å². The number of rotatable bonds is 4. The molecule has 0 spiro atoms. The second kappa shape index (κ2) is 5.98. The average molecular weight is 288 g/mol. The van der Waals surface area contributed by atoms with E-state index in [0.29, 0.717) is 22.4 Å². The van der Waals surface area contributed by atoms with E-state index in [9.17, 15) is 0 Å². The topological polar surface area (TPSA) is 89.5 Å². The van der Waals surface area contributed by atoms with Crippen LogP contribution in [0.2, 0.25) is 0 Å². The zero-order valence-corrected chi connectivity index (χ0v) is 11.5. The van der Waals surface area contributed by atoms with Crippen molar-refractivity contribution in [2.45, 2.75) is 35.7 Å². The minimum atomic E-state index is 0.177. The summed E-state index contributed by atoms with van der Waals surface area (Å²) >= 11 is 1.34. The van der Waals surface area contributed by atoms with Crippen molar-refractivity contribution in [3.05, 3.63) is 23.9 Å². The van der Waals surface area contributed by atoms with Gasteiger partial charge >= 0.3 is 0 Å². The number of nitriles is 1. The molecule has 1 aliphatic heterocycles. The van der Waals surface area contributed by atoms with Crippen LogP contribution >= 0.6 is 11.8 Å². The van der Waals surface area contributed by atoms with Crippen molar-refractivity contribution in [1.82, 2.24) is 25.2 Å². The Labute approximate surface area is 120 Å². The lowest BCUT2D eigenvalue weighted by molar-refractivity contribution is 0.0912. The molecule has 1 fully saturated rings. The number of ether oxygens (including phenoxy) is 1. The molecule has 20 heavy (non-hydrogen) atoms. The quantitative estimate of drug-likeness (QED) is 0.836.